The molecule has 108 valence electrons. The minimum absolute atomic E-state index is 0.402. The van der Waals surface area contributed by atoms with E-state index in [2.05, 4.69) is 0 Å². The Morgan fingerprint density at radius 2 is 0.650 bits per heavy atom. The van der Waals surface area contributed by atoms with Gasteiger partial charge in [0.25, 0.3) is 0 Å². The van der Waals surface area contributed by atoms with Crippen LogP contribution in [0.5, 0.6) is 0 Å². The molecule has 4 aliphatic carbocycles. The summed E-state index contributed by atoms with van der Waals surface area (Å²) in [6.45, 7) is 0. The van der Waals surface area contributed by atoms with Gasteiger partial charge in [-0.1, -0.05) is 0 Å². The second kappa shape index (κ2) is 4.09. The van der Waals surface area contributed by atoms with Crippen molar-refractivity contribution in [2.24, 2.45) is 47.3 Å². The van der Waals surface area contributed by atoms with Gasteiger partial charge in [0.2, 0.25) is 0 Å². The standard InChI is InChI=1S/C19H28Ge/c1-10-2-13-6-17-7-16-5-12(1)14-3-11(10)4-15(13)9-19(17)20-18(16)8-14/h10-19H,1-9H2. The van der Waals surface area contributed by atoms with E-state index in [1.807, 2.05) is 0 Å². The summed E-state index contributed by atoms with van der Waals surface area (Å²) < 4.78 is 2.59. The van der Waals surface area contributed by atoms with Gasteiger partial charge < -0.3 is 0 Å². The third-order valence-electron chi connectivity index (χ3n) is 8.92. The quantitative estimate of drug-likeness (QED) is 0.561. The zero-order valence-electron chi connectivity index (χ0n) is 12.6. The van der Waals surface area contributed by atoms with Crippen molar-refractivity contribution in [2.45, 2.75) is 67.3 Å². The van der Waals surface area contributed by atoms with Crippen LogP contribution in [0.1, 0.15) is 57.8 Å². The van der Waals surface area contributed by atoms with Crippen molar-refractivity contribution < 1.29 is 0 Å². The van der Waals surface area contributed by atoms with Gasteiger partial charge in [-0.05, 0) is 0 Å². The number of hydrogen-bond acceptors (Lipinski definition) is 0. The molecule has 8 atom stereocenters. The maximum atomic E-state index is 1.72. The van der Waals surface area contributed by atoms with Crippen molar-refractivity contribution in [1.29, 1.82) is 0 Å². The van der Waals surface area contributed by atoms with Crippen molar-refractivity contribution in [3.8, 4) is 0 Å². The summed E-state index contributed by atoms with van der Waals surface area (Å²) in [5.41, 5.74) is 0. The molecule has 0 amide bonds. The van der Waals surface area contributed by atoms with E-state index in [0.29, 0.717) is 15.4 Å². The maximum absolute atomic E-state index is 1.72. The molecule has 5 fully saturated rings. The van der Waals surface area contributed by atoms with Gasteiger partial charge in [-0.2, -0.15) is 0 Å². The van der Waals surface area contributed by atoms with E-state index in [9.17, 15) is 0 Å². The Morgan fingerprint density at radius 1 is 0.350 bits per heavy atom. The fourth-order valence-electron chi connectivity index (χ4n) is 8.18. The van der Waals surface area contributed by atoms with Gasteiger partial charge in [0, 0.05) is 0 Å². The summed E-state index contributed by atoms with van der Waals surface area (Å²) in [5, 5.41) is 0. The van der Waals surface area contributed by atoms with Gasteiger partial charge in [-0.25, -0.2) is 0 Å². The molecule has 2 radical (unpaired) electrons. The molecule has 0 aromatic rings. The monoisotopic (exact) mass is 330 g/mol. The molecule has 1 heterocycles. The number of hydrogen-bond donors (Lipinski definition) is 0. The Balaban J connectivity index is 1.47. The van der Waals surface area contributed by atoms with E-state index in [0.717, 1.165) is 0 Å². The summed E-state index contributed by atoms with van der Waals surface area (Å²) in [7, 11) is 0. The predicted octanol–water partition coefficient (Wildman–Crippen LogP) is 4.79. The van der Waals surface area contributed by atoms with E-state index in [4.69, 9.17) is 0 Å². The van der Waals surface area contributed by atoms with Crippen LogP contribution in [0, 0.1) is 47.3 Å². The van der Waals surface area contributed by atoms with Gasteiger partial charge in [-0.3, -0.25) is 0 Å². The molecular weight excluding hydrogens is 301 g/mol. The Bertz CT molecular complexity index is 279. The van der Waals surface area contributed by atoms with Crippen LogP contribution in [0.25, 0.3) is 0 Å². The molecule has 1 saturated heterocycles. The summed E-state index contributed by atoms with van der Waals surface area (Å²) in [4.78, 5) is 0. The van der Waals surface area contributed by atoms with Crippen molar-refractivity contribution in [2.75, 3.05) is 0 Å². The molecule has 5 rings (SSSR count). The third-order valence-corrected chi connectivity index (χ3v) is 13.7. The van der Waals surface area contributed by atoms with E-state index < -0.39 is 0 Å². The van der Waals surface area contributed by atoms with Crippen LogP contribution in [0.2, 0.25) is 9.50 Å². The van der Waals surface area contributed by atoms with Crippen molar-refractivity contribution in [3.05, 3.63) is 0 Å². The van der Waals surface area contributed by atoms with Gasteiger partial charge in [0.05, 0.1) is 0 Å². The van der Waals surface area contributed by atoms with Crippen LogP contribution in [0.4, 0.5) is 0 Å². The summed E-state index contributed by atoms with van der Waals surface area (Å²) in [5.74, 6) is 9.60. The zero-order chi connectivity index (χ0) is 12.8. The van der Waals surface area contributed by atoms with Crippen LogP contribution in [-0.2, 0) is 0 Å². The second-order valence-corrected chi connectivity index (χ2v) is 13.4. The van der Waals surface area contributed by atoms with Crippen molar-refractivity contribution in [3.63, 3.8) is 0 Å². The SMILES string of the molecule is C1C2CC3CC4CC5CC1C1CC2CC3C[CH]4[Ge][CH]5C1. The van der Waals surface area contributed by atoms with Gasteiger partial charge in [-0.15, -0.1) is 0 Å². The third kappa shape index (κ3) is 1.56. The predicted molar refractivity (Wildman–Crippen MR) is 82.7 cm³/mol. The fraction of sp³-hybridized carbons (Fsp3) is 1.00. The molecule has 0 N–H and O–H groups in total. The molecule has 20 heavy (non-hydrogen) atoms. The van der Waals surface area contributed by atoms with Crippen LogP contribution < -0.4 is 0 Å². The molecular formula is C19H28Ge. The van der Waals surface area contributed by atoms with E-state index in [1.165, 1.54) is 56.8 Å². The normalized spacial score (nSPS) is 66.0. The molecule has 0 aromatic carbocycles. The molecule has 0 nitrogen and oxygen atoms in total. The molecule has 1 heteroatoms. The second-order valence-electron chi connectivity index (χ2n) is 9.58. The first kappa shape index (κ1) is 12.0. The Kier molecular flexibility index (Phi) is 2.46. The zero-order valence-corrected chi connectivity index (χ0v) is 14.7. The molecule has 8 unspecified atom stereocenters. The average molecular weight is 329 g/mol. The van der Waals surface area contributed by atoms with Crippen molar-refractivity contribution >= 4 is 15.4 Å². The molecule has 0 aromatic heterocycles. The van der Waals surface area contributed by atoms with Gasteiger partial charge >= 0.3 is 130 Å². The summed E-state index contributed by atoms with van der Waals surface area (Å²) in [6.07, 6.45) is 15.2. The number of fused-ring (bicyclic) bond motifs is 5. The van der Waals surface area contributed by atoms with E-state index >= 15 is 0 Å². The first-order chi connectivity index (χ1) is 9.83. The molecule has 4 saturated carbocycles. The number of rotatable bonds is 0. The molecule has 0 spiro atoms. The molecule has 1 aliphatic heterocycles. The Hall–Kier alpha value is 0.543. The van der Waals surface area contributed by atoms with Crippen LogP contribution >= 0.6 is 0 Å². The first-order valence-electron chi connectivity index (χ1n) is 9.59. The molecule has 0 bridgehead atoms. The first-order valence-corrected chi connectivity index (χ1v) is 12.0. The Labute approximate surface area is 130 Å². The minimum atomic E-state index is 0.402. The Morgan fingerprint density at radius 3 is 1.10 bits per heavy atom. The average Bonchev–Trinajstić information content (AvgIpc) is 2.43. The van der Waals surface area contributed by atoms with Gasteiger partial charge in [0.15, 0.2) is 0 Å². The summed E-state index contributed by atoms with van der Waals surface area (Å²) >= 11 is 0.402. The van der Waals surface area contributed by atoms with Crippen molar-refractivity contribution in [1.82, 2.24) is 0 Å². The van der Waals surface area contributed by atoms with E-state index in [-0.39, 0.29) is 0 Å². The van der Waals surface area contributed by atoms with Gasteiger partial charge in [0.1, 0.15) is 0 Å². The fourth-order valence-corrected chi connectivity index (χ4v) is 13.5. The topological polar surface area (TPSA) is 0 Å². The van der Waals surface area contributed by atoms with Crippen LogP contribution in [0.3, 0.4) is 0 Å². The molecule has 5 aliphatic rings. The van der Waals surface area contributed by atoms with E-state index in [1.54, 1.807) is 57.8 Å². The van der Waals surface area contributed by atoms with Crippen LogP contribution in [0.15, 0.2) is 0 Å². The summed E-state index contributed by atoms with van der Waals surface area (Å²) in [6, 6.07) is 0. The van der Waals surface area contributed by atoms with Crippen LogP contribution in [-0.4, -0.2) is 15.4 Å².